The number of benzene rings is 1. The highest BCUT2D eigenvalue weighted by Gasteiger charge is 2.09. The van der Waals surface area contributed by atoms with Crippen LogP contribution in [0.25, 0.3) is 0 Å². The van der Waals surface area contributed by atoms with Crippen molar-refractivity contribution in [1.82, 2.24) is 4.98 Å². The van der Waals surface area contributed by atoms with Crippen molar-refractivity contribution in [3.05, 3.63) is 45.4 Å². The fourth-order valence-corrected chi connectivity index (χ4v) is 3.25. The van der Waals surface area contributed by atoms with Crippen LogP contribution in [0.1, 0.15) is 26.6 Å². The molecular formula is C13H13NO2S2. The van der Waals surface area contributed by atoms with E-state index in [1.54, 1.807) is 17.1 Å². The normalized spacial score (nSPS) is 10.6. The number of hydrogen-bond donors (Lipinski definition) is 1. The van der Waals surface area contributed by atoms with Gasteiger partial charge in [-0.05, 0) is 25.5 Å². The number of aromatic carboxylic acids is 1. The average Bonchev–Trinajstić information content (AvgIpc) is 2.76. The number of carboxylic acid groups (broad SMARTS) is 1. The van der Waals surface area contributed by atoms with Crippen molar-refractivity contribution < 1.29 is 9.90 Å². The molecule has 5 heteroatoms. The minimum atomic E-state index is -0.956. The number of aryl methyl sites for hydroxylation is 2. The summed E-state index contributed by atoms with van der Waals surface area (Å²) in [5, 5.41) is 10.8. The second-order valence-electron chi connectivity index (χ2n) is 4.01. The number of rotatable bonds is 4. The molecule has 0 atom stereocenters. The van der Waals surface area contributed by atoms with Crippen LogP contribution in [-0.2, 0) is 5.75 Å². The van der Waals surface area contributed by atoms with Crippen LogP contribution in [0.2, 0.25) is 0 Å². The zero-order valence-corrected chi connectivity index (χ0v) is 11.8. The van der Waals surface area contributed by atoms with Crippen LogP contribution in [0.5, 0.6) is 0 Å². The first-order valence-corrected chi connectivity index (χ1v) is 7.30. The topological polar surface area (TPSA) is 50.2 Å². The summed E-state index contributed by atoms with van der Waals surface area (Å²) in [7, 11) is 0. The highest BCUT2D eigenvalue weighted by atomic mass is 32.2. The number of hydrogen-bond acceptors (Lipinski definition) is 4. The molecule has 0 amide bonds. The number of thioether (sulfide) groups is 1. The third-order valence-electron chi connectivity index (χ3n) is 2.44. The van der Waals surface area contributed by atoms with Gasteiger partial charge in [-0.1, -0.05) is 17.7 Å². The molecule has 0 saturated carbocycles. The first-order valence-electron chi connectivity index (χ1n) is 5.44. The van der Waals surface area contributed by atoms with Crippen LogP contribution in [0, 0.1) is 13.8 Å². The summed E-state index contributed by atoms with van der Waals surface area (Å²) in [5.41, 5.74) is 3.31. The van der Waals surface area contributed by atoms with Gasteiger partial charge in [0.15, 0.2) is 0 Å². The lowest BCUT2D eigenvalue weighted by Crippen LogP contribution is -1.95. The highest BCUT2D eigenvalue weighted by molar-refractivity contribution is 7.98. The number of aromatic nitrogens is 1. The van der Waals surface area contributed by atoms with Gasteiger partial charge in [-0.3, -0.25) is 0 Å². The zero-order chi connectivity index (χ0) is 13.1. The van der Waals surface area contributed by atoms with Crippen LogP contribution >= 0.6 is 23.1 Å². The highest BCUT2D eigenvalue weighted by Crippen LogP contribution is 2.27. The maximum Gasteiger partial charge on any atom is 0.365 e. The van der Waals surface area contributed by atoms with Crippen molar-refractivity contribution in [3.8, 4) is 0 Å². The Morgan fingerprint density at radius 2 is 2.22 bits per heavy atom. The lowest BCUT2D eigenvalue weighted by Gasteiger charge is -2.05. The fraction of sp³-hybridized carbons (Fsp3) is 0.231. The summed E-state index contributed by atoms with van der Waals surface area (Å²) in [6.07, 6.45) is 0. The van der Waals surface area contributed by atoms with E-state index in [2.05, 4.69) is 37.0 Å². The van der Waals surface area contributed by atoms with Gasteiger partial charge in [0.05, 0.1) is 5.69 Å². The molecule has 1 aromatic carbocycles. The Bertz CT molecular complexity index is 578. The van der Waals surface area contributed by atoms with Gasteiger partial charge in [-0.15, -0.1) is 23.1 Å². The summed E-state index contributed by atoms with van der Waals surface area (Å²) >= 11 is 2.86. The smallest absolute Gasteiger partial charge is 0.365 e. The molecule has 0 radical (unpaired) electrons. The minimum absolute atomic E-state index is 0.159. The molecule has 18 heavy (non-hydrogen) atoms. The van der Waals surface area contributed by atoms with E-state index < -0.39 is 5.97 Å². The minimum Gasteiger partial charge on any atom is -0.476 e. The lowest BCUT2D eigenvalue weighted by atomic mass is 10.2. The average molecular weight is 279 g/mol. The van der Waals surface area contributed by atoms with Gasteiger partial charge in [0, 0.05) is 16.0 Å². The van der Waals surface area contributed by atoms with E-state index in [1.165, 1.54) is 27.4 Å². The van der Waals surface area contributed by atoms with E-state index in [1.807, 2.05) is 0 Å². The summed E-state index contributed by atoms with van der Waals surface area (Å²) in [6.45, 7) is 4.15. The van der Waals surface area contributed by atoms with E-state index >= 15 is 0 Å². The molecule has 1 N–H and O–H groups in total. The molecule has 1 heterocycles. The van der Waals surface area contributed by atoms with Crippen molar-refractivity contribution in [2.75, 3.05) is 0 Å². The summed E-state index contributed by atoms with van der Waals surface area (Å²) < 4.78 is 0. The Morgan fingerprint density at radius 1 is 1.44 bits per heavy atom. The first-order chi connectivity index (χ1) is 8.56. The van der Waals surface area contributed by atoms with Gasteiger partial charge in [-0.25, -0.2) is 9.78 Å². The molecule has 2 rings (SSSR count). The van der Waals surface area contributed by atoms with Crippen LogP contribution in [0.15, 0.2) is 28.5 Å². The van der Waals surface area contributed by atoms with Crippen LogP contribution < -0.4 is 0 Å². The first kappa shape index (κ1) is 13.1. The van der Waals surface area contributed by atoms with E-state index in [9.17, 15) is 4.79 Å². The summed E-state index contributed by atoms with van der Waals surface area (Å²) in [5.74, 6) is -0.254. The molecular weight excluding hydrogens is 266 g/mol. The molecule has 0 bridgehead atoms. The lowest BCUT2D eigenvalue weighted by molar-refractivity contribution is 0.0696. The quantitative estimate of drug-likeness (QED) is 0.866. The van der Waals surface area contributed by atoms with E-state index in [0.717, 1.165) is 5.69 Å². The Hall–Kier alpha value is -1.33. The van der Waals surface area contributed by atoms with Crippen LogP contribution in [0.3, 0.4) is 0 Å². The van der Waals surface area contributed by atoms with E-state index in [4.69, 9.17) is 5.11 Å². The number of carboxylic acids is 1. The van der Waals surface area contributed by atoms with Gasteiger partial charge >= 0.3 is 5.97 Å². The fourth-order valence-electron chi connectivity index (χ4n) is 1.58. The van der Waals surface area contributed by atoms with E-state index in [-0.39, 0.29) is 5.01 Å². The molecule has 1 aromatic heterocycles. The maximum absolute atomic E-state index is 10.7. The monoisotopic (exact) mass is 279 g/mol. The molecule has 0 aliphatic rings. The third-order valence-corrected chi connectivity index (χ3v) is 4.53. The largest absolute Gasteiger partial charge is 0.476 e. The second kappa shape index (κ2) is 5.54. The molecule has 2 aromatic rings. The van der Waals surface area contributed by atoms with Crippen molar-refractivity contribution in [2.24, 2.45) is 0 Å². The predicted octanol–water partition coefficient (Wildman–Crippen LogP) is 3.75. The SMILES string of the molecule is Cc1ccc(SCc2csc(C(=O)O)n2)c(C)c1. The third kappa shape index (κ3) is 3.11. The predicted molar refractivity (Wildman–Crippen MR) is 74.6 cm³/mol. The molecule has 0 aliphatic heterocycles. The molecule has 0 saturated heterocycles. The van der Waals surface area contributed by atoms with Gasteiger partial charge in [-0.2, -0.15) is 0 Å². The van der Waals surface area contributed by atoms with Gasteiger partial charge < -0.3 is 5.11 Å². The Morgan fingerprint density at radius 3 is 2.83 bits per heavy atom. The summed E-state index contributed by atoms with van der Waals surface area (Å²) in [4.78, 5) is 16.0. The Balaban J connectivity index is 2.04. The number of carbonyl (C=O) groups is 1. The van der Waals surface area contributed by atoms with Crippen molar-refractivity contribution in [2.45, 2.75) is 24.5 Å². The standard InChI is InChI=1S/C13H13NO2S2/c1-8-3-4-11(9(2)5-8)17-6-10-7-18-12(14-10)13(15)16/h3-5,7H,6H2,1-2H3,(H,15,16). The van der Waals surface area contributed by atoms with Gasteiger partial charge in [0.25, 0.3) is 0 Å². The van der Waals surface area contributed by atoms with Crippen LogP contribution in [0.4, 0.5) is 0 Å². The molecule has 0 unspecified atom stereocenters. The molecule has 94 valence electrons. The van der Waals surface area contributed by atoms with E-state index in [0.29, 0.717) is 5.75 Å². The van der Waals surface area contributed by atoms with Crippen molar-refractivity contribution in [3.63, 3.8) is 0 Å². The molecule has 3 nitrogen and oxygen atoms in total. The van der Waals surface area contributed by atoms with Gasteiger partial charge in [0.2, 0.25) is 5.01 Å². The Kier molecular flexibility index (Phi) is 4.04. The Labute approximate surface area is 114 Å². The number of thiazole rings is 1. The van der Waals surface area contributed by atoms with Crippen LogP contribution in [-0.4, -0.2) is 16.1 Å². The molecule has 0 aliphatic carbocycles. The zero-order valence-electron chi connectivity index (χ0n) is 10.1. The molecule has 0 spiro atoms. The van der Waals surface area contributed by atoms with Gasteiger partial charge in [0.1, 0.15) is 0 Å². The molecule has 0 fully saturated rings. The van der Waals surface area contributed by atoms with Crippen molar-refractivity contribution >= 4 is 29.1 Å². The summed E-state index contributed by atoms with van der Waals surface area (Å²) in [6, 6.07) is 6.32. The second-order valence-corrected chi connectivity index (χ2v) is 5.88. The number of nitrogens with zero attached hydrogens (tertiary/aromatic N) is 1. The van der Waals surface area contributed by atoms with Crippen molar-refractivity contribution in [1.29, 1.82) is 0 Å². The maximum atomic E-state index is 10.7.